The fourth-order valence-corrected chi connectivity index (χ4v) is 4.67. The molecular formula is C30H25N3O5. The number of nitrogens with zero attached hydrogens (tertiary/aromatic N) is 3. The normalized spacial score (nSPS) is 12.1. The number of aliphatic hydroxyl groups is 1. The molecule has 5 rings (SSSR count). The number of pyridine rings is 3. The van der Waals surface area contributed by atoms with Crippen LogP contribution in [0.4, 0.5) is 0 Å². The molecule has 1 atom stereocenters. The van der Waals surface area contributed by atoms with Crippen molar-refractivity contribution in [3.8, 4) is 0 Å². The summed E-state index contributed by atoms with van der Waals surface area (Å²) in [4.78, 5) is 55.5. The molecule has 0 fully saturated rings. The highest BCUT2D eigenvalue weighted by Crippen LogP contribution is 2.26. The molecule has 0 aliphatic rings. The summed E-state index contributed by atoms with van der Waals surface area (Å²) in [5, 5.41) is 11.2. The van der Waals surface area contributed by atoms with E-state index in [0.717, 1.165) is 11.1 Å². The van der Waals surface area contributed by atoms with E-state index in [0.29, 0.717) is 6.29 Å². The lowest BCUT2D eigenvalue weighted by molar-refractivity contribution is -0.118. The average Bonchev–Trinajstić information content (AvgIpc) is 2.92. The van der Waals surface area contributed by atoms with Gasteiger partial charge in [-0.25, -0.2) is 4.98 Å². The third-order valence-electron chi connectivity index (χ3n) is 6.50. The Hall–Kier alpha value is -4.69. The van der Waals surface area contributed by atoms with Gasteiger partial charge in [0.25, 0.3) is 11.1 Å². The summed E-state index contributed by atoms with van der Waals surface area (Å²) in [6.45, 7) is 1.83. The minimum Gasteiger partial charge on any atom is -0.388 e. The maximum atomic E-state index is 13.6. The lowest BCUT2D eigenvalue weighted by Gasteiger charge is -2.17. The number of aldehydes is 1. The van der Waals surface area contributed by atoms with Crippen LogP contribution in [0.5, 0.6) is 0 Å². The summed E-state index contributed by atoms with van der Waals surface area (Å²) in [6.07, 6.45) is 2.18. The zero-order valence-electron chi connectivity index (χ0n) is 20.7. The minimum absolute atomic E-state index is 0.125. The van der Waals surface area contributed by atoms with Crippen LogP contribution < -0.4 is 11.1 Å². The van der Waals surface area contributed by atoms with Crippen LogP contribution in [-0.2, 0) is 17.9 Å². The van der Waals surface area contributed by atoms with Crippen LogP contribution in [0, 0.1) is 0 Å². The minimum atomic E-state index is -1.22. The van der Waals surface area contributed by atoms with Crippen LogP contribution in [0.25, 0.3) is 21.8 Å². The molecule has 0 saturated heterocycles. The van der Waals surface area contributed by atoms with Crippen LogP contribution in [0.3, 0.4) is 0 Å². The predicted molar refractivity (Wildman–Crippen MR) is 145 cm³/mol. The maximum absolute atomic E-state index is 13.6. The van der Waals surface area contributed by atoms with Gasteiger partial charge >= 0.3 is 0 Å². The average molecular weight is 508 g/mol. The van der Waals surface area contributed by atoms with Gasteiger partial charge in [-0.1, -0.05) is 60.7 Å². The van der Waals surface area contributed by atoms with Crippen molar-refractivity contribution in [1.29, 1.82) is 0 Å². The van der Waals surface area contributed by atoms with Crippen molar-refractivity contribution in [2.75, 3.05) is 0 Å². The SMILES string of the molecule is CC(=O)CC(O)c1cn(Cc2ccccc2)c(=O)c2cc3c(=O)n(Cc4ccccc4)cc(C=O)c3nc12. The predicted octanol–water partition coefficient (Wildman–Crippen LogP) is 3.63. The number of ketones is 1. The van der Waals surface area contributed by atoms with Crippen molar-refractivity contribution >= 4 is 33.9 Å². The number of rotatable bonds is 8. The Bertz CT molecular complexity index is 1790. The van der Waals surface area contributed by atoms with Gasteiger partial charge < -0.3 is 14.2 Å². The molecule has 0 saturated carbocycles. The van der Waals surface area contributed by atoms with Gasteiger partial charge in [-0.2, -0.15) is 0 Å². The Kier molecular flexibility index (Phi) is 6.81. The van der Waals surface area contributed by atoms with E-state index in [2.05, 4.69) is 4.98 Å². The highest BCUT2D eigenvalue weighted by molar-refractivity contribution is 6.00. The molecule has 3 aromatic heterocycles. The highest BCUT2D eigenvalue weighted by Gasteiger charge is 2.21. The van der Waals surface area contributed by atoms with Gasteiger partial charge in [-0.15, -0.1) is 0 Å². The lowest BCUT2D eigenvalue weighted by Crippen LogP contribution is -2.25. The lowest BCUT2D eigenvalue weighted by atomic mass is 10.0. The molecule has 2 aromatic carbocycles. The van der Waals surface area contributed by atoms with Gasteiger partial charge in [0, 0.05) is 24.4 Å². The van der Waals surface area contributed by atoms with E-state index < -0.39 is 17.2 Å². The third-order valence-corrected chi connectivity index (χ3v) is 6.50. The number of carbonyl (C=O) groups excluding carboxylic acids is 2. The number of aromatic nitrogens is 3. The van der Waals surface area contributed by atoms with E-state index in [1.165, 1.54) is 34.5 Å². The van der Waals surface area contributed by atoms with Gasteiger partial charge in [0.15, 0.2) is 6.29 Å². The molecule has 0 aliphatic heterocycles. The Morgan fingerprint density at radius 2 is 1.39 bits per heavy atom. The van der Waals surface area contributed by atoms with Crippen LogP contribution in [0.15, 0.2) is 88.7 Å². The van der Waals surface area contributed by atoms with Gasteiger partial charge in [-0.05, 0) is 24.1 Å². The Labute approximate surface area is 217 Å². The van der Waals surface area contributed by atoms with Gasteiger partial charge in [0.1, 0.15) is 5.78 Å². The highest BCUT2D eigenvalue weighted by atomic mass is 16.3. The van der Waals surface area contributed by atoms with E-state index >= 15 is 0 Å². The van der Waals surface area contributed by atoms with Crippen molar-refractivity contribution in [3.05, 3.63) is 122 Å². The molecule has 1 unspecified atom stereocenters. The number of fused-ring (bicyclic) bond motifs is 2. The second-order valence-electron chi connectivity index (χ2n) is 9.33. The second-order valence-corrected chi connectivity index (χ2v) is 9.33. The quantitative estimate of drug-likeness (QED) is 0.254. The molecule has 8 heteroatoms. The molecule has 0 amide bonds. The van der Waals surface area contributed by atoms with Crippen LogP contribution in [0.2, 0.25) is 0 Å². The van der Waals surface area contributed by atoms with E-state index in [1.54, 1.807) is 0 Å². The topological polar surface area (TPSA) is 111 Å². The molecule has 5 aromatic rings. The van der Waals surface area contributed by atoms with E-state index in [-0.39, 0.29) is 58.2 Å². The zero-order valence-corrected chi connectivity index (χ0v) is 20.7. The first-order valence-corrected chi connectivity index (χ1v) is 12.2. The summed E-state index contributed by atoms with van der Waals surface area (Å²) in [6, 6.07) is 20.1. The largest absolute Gasteiger partial charge is 0.388 e. The molecule has 3 heterocycles. The summed E-state index contributed by atoms with van der Waals surface area (Å²) >= 11 is 0. The molecule has 0 radical (unpaired) electrons. The summed E-state index contributed by atoms with van der Waals surface area (Å²) < 4.78 is 2.86. The van der Waals surface area contributed by atoms with Crippen LogP contribution in [0.1, 0.15) is 46.5 Å². The first-order chi connectivity index (χ1) is 18.4. The fourth-order valence-electron chi connectivity index (χ4n) is 4.67. The smallest absolute Gasteiger partial charge is 0.260 e. The van der Waals surface area contributed by atoms with E-state index in [9.17, 15) is 24.3 Å². The van der Waals surface area contributed by atoms with Crippen molar-refractivity contribution in [3.63, 3.8) is 0 Å². The zero-order chi connectivity index (χ0) is 26.8. The number of hydrogen-bond acceptors (Lipinski definition) is 6. The van der Waals surface area contributed by atoms with E-state index in [4.69, 9.17) is 0 Å². The summed E-state index contributed by atoms with van der Waals surface area (Å²) in [5.74, 6) is -0.232. The summed E-state index contributed by atoms with van der Waals surface area (Å²) in [5.41, 5.74) is 1.69. The van der Waals surface area contributed by atoms with Crippen molar-refractivity contribution in [2.45, 2.75) is 32.5 Å². The number of aliphatic hydroxyl groups excluding tert-OH is 1. The van der Waals surface area contributed by atoms with Crippen molar-refractivity contribution in [2.24, 2.45) is 0 Å². The van der Waals surface area contributed by atoms with Gasteiger partial charge in [0.2, 0.25) is 0 Å². The molecule has 0 aliphatic carbocycles. The number of benzene rings is 2. The fraction of sp³-hybridized carbons (Fsp3) is 0.167. The molecule has 190 valence electrons. The van der Waals surface area contributed by atoms with Gasteiger partial charge in [-0.3, -0.25) is 19.2 Å². The van der Waals surface area contributed by atoms with Gasteiger partial charge in [0.05, 0.1) is 46.6 Å². The standard InChI is InChI=1S/C30H25N3O5/c1-19(35)12-26(36)25-17-33(15-21-10-6-3-7-11-21)30(38)24-13-23-27(31-28(24)25)22(18-34)16-32(29(23)37)14-20-8-4-2-5-9-20/h2-11,13,16-18,26,36H,12,14-15H2,1H3. The Balaban J connectivity index is 1.78. The first-order valence-electron chi connectivity index (χ1n) is 12.2. The molecule has 38 heavy (non-hydrogen) atoms. The maximum Gasteiger partial charge on any atom is 0.260 e. The van der Waals surface area contributed by atoms with Crippen LogP contribution in [-0.4, -0.2) is 31.3 Å². The molecule has 1 N–H and O–H groups in total. The number of hydrogen-bond donors (Lipinski definition) is 1. The van der Waals surface area contributed by atoms with Crippen molar-refractivity contribution in [1.82, 2.24) is 14.1 Å². The third kappa shape index (κ3) is 4.81. The Morgan fingerprint density at radius 3 is 1.92 bits per heavy atom. The number of carbonyl (C=O) groups is 2. The summed E-state index contributed by atoms with van der Waals surface area (Å²) in [7, 11) is 0. The molecular weight excluding hydrogens is 482 g/mol. The first kappa shape index (κ1) is 25.0. The molecule has 0 spiro atoms. The van der Waals surface area contributed by atoms with Crippen LogP contribution >= 0.6 is 0 Å². The molecule has 8 nitrogen and oxygen atoms in total. The second kappa shape index (κ2) is 10.4. The molecule has 0 bridgehead atoms. The Morgan fingerprint density at radius 1 is 0.868 bits per heavy atom. The van der Waals surface area contributed by atoms with Crippen molar-refractivity contribution < 1.29 is 14.7 Å². The van der Waals surface area contributed by atoms with E-state index in [1.807, 2.05) is 60.7 Å². The monoisotopic (exact) mass is 507 g/mol. The number of Topliss-reactive ketones (excluding diaryl/α,β-unsaturated/α-hetero) is 1.